The number of benzene rings is 2. The van der Waals surface area contributed by atoms with Crippen molar-refractivity contribution in [1.29, 1.82) is 0 Å². The van der Waals surface area contributed by atoms with Gasteiger partial charge in [-0.15, -0.1) is 0 Å². The highest BCUT2D eigenvalue weighted by atomic mass is 16.6. The molecule has 0 radical (unpaired) electrons. The molecule has 0 bridgehead atoms. The van der Waals surface area contributed by atoms with E-state index in [1.807, 2.05) is 50.4 Å². The summed E-state index contributed by atoms with van der Waals surface area (Å²) in [5.41, 5.74) is 5.72. The van der Waals surface area contributed by atoms with Crippen molar-refractivity contribution >= 4 is 28.6 Å². The first-order valence-corrected chi connectivity index (χ1v) is 11.5. The fourth-order valence-corrected chi connectivity index (χ4v) is 3.67. The van der Waals surface area contributed by atoms with Crippen LogP contribution in [0.3, 0.4) is 0 Å². The van der Waals surface area contributed by atoms with Gasteiger partial charge in [0.1, 0.15) is 0 Å². The predicted molar refractivity (Wildman–Crippen MR) is 130 cm³/mol. The van der Waals surface area contributed by atoms with Crippen LogP contribution in [0.1, 0.15) is 46.0 Å². The third-order valence-corrected chi connectivity index (χ3v) is 5.49. The summed E-state index contributed by atoms with van der Waals surface area (Å²) in [7, 11) is 0. The molecular formula is C26H33N3O4. The number of hydrogen-bond donors (Lipinski definition) is 3. The van der Waals surface area contributed by atoms with Crippen molar-refractivity contribution in [3.63, 3.8) is 0 Å². The number of nitrogens with one attached hydrogen (secondary N) is 2. The Kier molecular flexibility index (Phi) is 8.89. The van der Waals surface area contributed by atoms with Gasteiger partial charge >= 0.3 is 6.09 Å². The first-order chi connectivity index (χ1) is 16.0. The van der Waals surface area contributed by atoms with Crippen LogP contribution in [0.5, 0.6) is 0 Å². The number of anilines is 1. The molecule has 1 heterocycles. The molecule has 0 aliphatic heterocycles. The summed E-state index contributed by atoms with van der Waals surface area (Å²) in [4.78, 5) is 28.8. The van der Waals surface area contributed by atoms with Crippen molar-refractivity contribution in [3.05, 3.63) is 54.7 Å². The second-order valence-electron chi connectivity index (χ2n) is 8.65. The van der Waals surface area contributed by atoms with Gasteiger partial charge in [-0.25, -0.2) is 10.3 Å². The van der Waals surface area contributed by atoms with Crippen LogP contribution in [-0.4, -0.2) is 35.3 Å². The molecule has 0 spiro atoms. The summed E-state index contributed by atoms with van der Waals surface area (Å²) in [6.45, 7) is 4.93. The van der Waals surface area contributed by atoms with E-state index >= 15 is 0 Å². The van der Waals surface area contributed by atoms with E-state index in [0.717, 1.165) is 41.6 Å². The lowest BCUT2D eigenvalue weighted by atomic mass is 10.0. The van der Waals surface area contributed by atoms with Gasteiger partial charge < -0.3 is 9.72 Å². The van der Waals surface area contributed by atoms with Gasteiger partial charge in [-0.2, -0.15) is 0 Å². The van der Waals surface area contributed by atoms with Crippen molar-refractivity contribution in [2.75, 3.05) is 18.1 Å². The average molecular weight is 452 g/mol. The Morgan fingerprint density at radius 3 is 2.45 bits per heavy atom. The zero-order valence-electron chi connectivity index (χ0n) is 19.3. The molecule has 0 unspecified atom stereocenters. The number of fused-ring (bicyclic) bond motifs is 1. The van der Waals surface area contributed by atoms with E-state index in [1.165, 1.54) is 5.39 Å². The van der Waals surface area contributed by atoms with Gasteiger partial charge in [0.2, 0.25) is 5.91 Å². The molecule has 1 aromatic heterocycles. The minimum Gasteiger partial charge on any atom is -0.449 e. The molecule has 0 aliphatic rings. The van der Waals surface area contributed by atoms with E-state index in [9.17, 15) is 9.59 Å². The molecule has 33 heavy (non-hydrogen) atoms. The van der Waals surface area contributed by atoms with E-state index in [4.69, 9.17) is 9.94 Å². The van der Waals surface area contributed by atoms with Crippen molar-refractivity contribution in [1.82, 2.24) is 10.5 Å². The average Bonchev–Trinajstić information content (AvgIpc) is 3.30. The number of unbranched alkanes of at least 4 members (excludes halogenated alkanes) is 3. The molecule has 0 saturated carbocycles. The normalized spacial score (nSPS) is 11.0. The van der Waals surface area contributed by atoms with Crippen LogP contribution in [0.2, 0.25) is 0 Å². The van der Waals surface area contributed by atoms with Gasteiger partial charge in [-0.1, -0.05) is 51.0 Å². The van der Waals surface area contributed by atoms with Crippen molar-refractivity contribution < 1.29 is 19.5 Å². The largest absolute Gasteiger partial charge is 0.449 e. The quantitative estimate of drug-likeness (QED) is 0.192. The number of carbonyl (C=O) groups is 2. The first kappa shape index (κ1) is 24.3. The third kappa shape index (κ3) is 7.08. The molecule has 3 N–H and O–H groups in total. The maximum Gasteiger partial charge on any atom is 0.414 e. The minimum absolute atomic E-state index is 0.263. The first-order valence-electron chi connectivity index (χ1n) is 11.5. The van der Waals surface area contributed by atoms with Crippen LogP contribution in [0.15, 0.2) is 54.7 Å². The SMILES string of the molecule is CC(C)COC(=O)N(CCCCCCC(=O)NO)c1ccc(-c2ccc3cc[nH]c3c2)cc1. The molecule has 0 atom stereocenters. The highest BCUT2D eigenvalue weighted by Gasteiger charge is 2.18. The Morgan fingerprint density at radius 2 is 1.73 bits per heavy atom. The standard InChI is InChI=1S/C26H33N3O4/c1-19(2)18-33-26(31)29(16-6-4-3-5-7-25(30)28-32)23-12-10-20(11-13-23)22-9-8-21-14-15-27-24(21)17-22/h8-15,17,19,27,32H,3-7,16,18H2,1-2H3,(H,28,30). The Hall–Kier alpha value is -3.32. The number of amides is 2. The molecule has 3 aromatic rings. The summed E-state index contributed by atoms with van der Waals surface area (Å²) >= 11 is 0. The predicted octanol–water partition coefficient (Wildman–Crippen LogP) is 5.89. The van der Waals surface area contributed by atoms with Crippen molar-refractivity contribution in [2.24, 2.45) is 5.92 Å². The highest BCUT2D eigenvalue weighted by Crippen LogP contribution is 2.27. The molecule has 0 saturated heterocycles. The zero-order valence-corrected chi connectivity index (χ0v) is 19.3. The van der Waals surface area contributed by atoms with E-state index in [2.05, 4.69) is 23.2 Å². The van der Waals surface area contributed by atoms with Crippen LogP contribution in [0, 0.1) is 5.92 Å². The number of hydroxylamine groups is 1. The van der Waals surface area contributed by atoms with Gasteiger partial charge in [0.15, 0.2) is 0 Å². The summed E-state index contributed by atoms with van der Waals surface area (Å²) in [6, 6.07) is 16.3. The number of rotatable bonds is 11. The molecule has 0 fully saturated rings. The van der Waals surface area contributed by atoms with Gasteiger partial charge in [0.25, 0.3) is 0 Å². The molecule has 7 heteroatoms. The van der Waals surface area contributed by atoms with Crippen LogP contribution >= 0.6 is 0 Å². The lowest BCUT2D eigenvalue weighted by molar-refractivity contribution is -0.129. The third-order valence-electron chi connectivity index (χ3n) is 5.49. The number of nitrogens with zero attached hydrogens (tertiary/aromatic N) is 1. The number of aromatic amines is 1. The molecule has 176 valence electrons. The minimum atomic E-state index is -0.371. The Bertz CT molecular complexity index is 1040. The van der Waals surface area contributed by atoms with Crippen LogP contribution in [0.4, 0.5) is 10.5 Å². The van der Waals surface area contributed by atoms with E-state index in [1.54, 1.807) is 10.4 Å². The summed E-state index contributed by atoms with van der Waals surface area (Å²) < 4.78 is 5.50. The number of ether oxygens (including phenoxy) is 1. The Labute approximate surface area is 194 Å². The van der Waals surface area contributed by atoms with E-state index in [-0.39, 0.29) is 17.9 Å². The van der Waals surface area contributed by atoms with Gasteiger partial charge in [-0.05, 0) is 59.5 Å². The summed E-state index contributed by atoms with van der Waals surface area (Å²) in [6.07, 6.45) is 5.10. The monoisotopic (exact) mass is 451 g/mol. The molecule has 2 aromatic carbocycles. The molecular weight excluding hydrogens is 418 g/mol. The summed E-state index contributed by atoms with van der Waals surface area (Å²) in [5.74, 6) is -0.108. The van der Waals surface area contributed by atoms with Crippen molar-refractivity contribution in [3.8, 4) is 11.1 Å². The van der Waals surface area contributed by atoms with Gasteiger partial charge in [0, 0.05) is 30.4 Å². The number of carbonyl (C=O) groups excluding carboxylic acids is 2. The fraction of sp³-hybridized carbons (Fsp3) is 0.385. The number of H-pyrrole nitrogens is 1. The van der Waals surface area contributed by atoms with Crippen LogP contribution < -0.4 is 10.4 Å². The Morgan fingerprint density at radius 1 is 1.00 bits per heavy atom. The molecule has 3 rings (SSSR count). The lowest BCUT2D eigenvalue weighted by Gasteiger charge is -2.23. The fourth-order valence-electron chi connectivity index (χ4n) is 3.67. The smallest absolute Gasteiger partial charge is 0.414 e. The second kappa shape index (κ2) is 12.1. The maximum atomic E-state index is 12.8. The molecule has 2 amide bonds. The molecule has 0 aliphatic carbocycles. The topological polar surface area (TPSA) is 94.7 Å². The molecule has 7 nitrogen and oxygen atoms in total. The second-order valence-corrected chi connectivity index (χ2v) is 8.65. The highest BCUT2D eigenvalue weighted by molar-refractivity contribution is 5.89. The number of aromatic nitrogens is 1. The lowest BCUT2D eigenvalue weighted by Crippen LogP contribution is -2.33. The van der Waals surface area contributed by atoms with Crippen LogP contribution in [0.25, 0.3) is 22.0 Å². The summed E-state index contributed by atoms with van der Waals surface area (Å²) in [5, 5.41) is 9.73. The van der Waals surface area contributed by atoms with E-state index in [0.29, 0.717) is 26.0 Å². The maximum absolute atomic E-state index is 12.8. The zero-order chi connectivity index (χ0) is 23.6. The van der Waals surface area contributed by atoms with Crippen molar-refractivity contribution in [2.45, 2.75) is 46.0 Å². The van der Waals surface area contributed by atoms with Gasteiger partial charge in [-0.3, -0.25) is 14.9 Å². The van der Waals surface area contributed by atoms with Crippen LogP contribution in [-0.2, 0) is 9.53 Å². The van der Waals surface area contributed by atoms with Gasteiger partial charge in [0.05, 0.1) is 6.61 Å². The number of hydrogen-bond acceptors (Lipinski definition) is 4. The Balaban J connectivity index is 1.65. The van der Waals surface area contributed by atoms with E-state index < -0.39 is 0 Å².